The second-order valence-corrected chi connectivity index (χ2v) is 11.6. The van der Waals surface area contributed by atoms with E-state index in [1.165, 1.54) is 116 Å². The average molecular weight is 557 g/mol. The number of ether oxygens (including phenoxy) is 3. The van der Waals surface area contributed by atoms with Gasteiger partial charge in [-0.25, -0.2) is 0 Å². The van der Waals surface area contributed by atoms with Crippen molar-refractivity contribution in [3.63, 3.8) is 0 Å². The van der Waals surface area contributed by atoms with E-state index in [1.807, 2.05) is 0 Å². The van der Waals surface area contributed by atoms with Gasteiger partial charge in [0.05, 0.1) is 13.0 Å². The summed E-state index contributed by atoms with van der Waals surface area (Å²) in [7, 11) is 0. The van der Waals surface area contributed by atoms with Crippen LogP contribution in [0.25, 0.3) is 0 Å². The number of unbranched alkanes of at least 4 members (excludes halogenated alkanes) is 18. The van der Waals surface area contributed by atoms with Gasteiger partial charge in [0.2, 0.25) is 0 Å². The Morgan fingerprint density at radius 1 is 0.564 bits per heavy atom. The maximum Gasteiger partial charge on any atom is 0.305 e. The van der Waals surface area contributed by atoms with E-state index in [-0.39, 0.29) is 24.8 Å². The molecule has 0 spiro atoms. The standard InChI is InChI=1S/C34H68O5/c1-4-7-10-13-16-17-18-19-22-25-32(30-35)31-39-33(36)26-27-34(37-28-23-20-14-11-8-5-2)38-29-24-21-15-12-9-6-3/h32,34-35H,4-31H2,1-3H3. The first-order valence-electron chi connectivity index (χ1n) is 17.2. The van der Waals surface area contributed by atoms with Crippen LogP contribution in [-0.4, -0.2) is 43.8 Å². The summed E-state index contributed by atoms with van der Waals surface area (Å²) in [5, 5.41) is 9.73. The minimum Gasteiger partial charge on any atom is -0.465 e. The molecule has 0 aromatic rings. The molecule has 5 nitrogen and oxygen atoms in total. The summed E-state index contributed by atoms with van der Waals surface area (Å²) in [5.74, 6) is -0.168. The molecule has 1 unspecified atom stereocenters. The molecule has 0 heterocycles. The van der Waals surface area contributed by atoms with Gasteiger partial charge in [0, 0.05) is 32.2 Å². The van der Waals surface area contributed by atoms with Crippen molar-refractivity contribution < 1.29 is 24.1 Å². The average Bonchev–Trinajstić information content (AvgIpc) is 2.95. The van der Waals surface area contributed by atoms with Crippen LogP contribution in [0, 0.1) is 5.92 Å². The second kappa shape index (κ2) is 31.9. The van der Waals surface area contributed by atoms with Gasteiger partial charge in [-0.3, -0.25) is 4.79 Å². The Morgan fingerprint density at radius 2 is 0.974 bits per heavy atom. The van der Waals surface area contributed by atoms with Gasteiger partial charge in [0.15, 0.2) is 6.29 Å². The molecule has 39 heavy (non-hydrogen) atoms. The van der Waals surface area contributed by atoms with Gasteiger partial charge in [-0.05, 0) is 19.3 Å². The van der Waals surface area contributed by atoms with Gasteiger partial charge in [0.1, 0.15) is 0 Å². The lowest BCUT2D eigenvalue weighted by molar-refractivity contribution is -0.160. The van der Waals surface area contributed by atoms with E-state index in [9.17, 15) is 9.90 Å². The zero-order valence-electron chi connectivity index (χ0n) is 26.5. The lowest BCUT2D eigenvalue weighted by Crippen LogP contribution is -2.22. The second-order valence-electron chi connectivity index (χ2n) is 11.6. The van der Waals surface area contributed by atoms with Gasteiger partial charge in [-0.15, -0.1) is 0 Å². The van der Waals surface area contributed by atoms with Crippen molar-refractivity contribution in [2.75, 3.05) is 26.4 Å². The normalized spacial score (nSPS) is 12.3. The summed E-state index contributed by atoms with van der Waals surface area (Å²) >= 11 is 0. The van der Waals surface area contributed by atoms with E-state index in [1.54, 1.807) is 0 Å². The molecule has 0 bridgehead atoms. The molecule has 0 fully saturated rings. The molecular formula is C34H68O5. The van der Waals surface area contributed by atoms with E-state index >= 15 is 0 Å². The van der Waals surface area contributed by atoms with E-state index in [0.717, 1.165) is 25.7 Å². The first-order chi connectivity index (χ1) is 19.2. The zero-order valence-corrected chi connectivity index (χ0v) is 26.5. The highest BCUT2D eigenvalue weighted by molar-refractivity contribution is 5.69. The monoisotopic (exact) mass is 557 g/mol. The summed E-state index contributed by atoms with van der Waals surface area (Å²) in [5.41, 5.74) is 0. The minimum absolute atomic E-state index is 0.0437. The largest absolute Gasteiger partial charge is 0.465 e. The highest BCUT2D eigenvalue weighted by atomic mass is 16.7. The molecule has 1 atom stereocenters. The fraction of sp³-hybridized carbons (Fsp3) is 0.971. The quantitative estimate of drug-likeness (QED) is 0.0507. The predicted molar refractivity (Wildman–Crippen MR) is 165 cm³/mol. The van der Waals surface area contributed by atoms with Crippen molar-refractivity contribution in [1.82, 2.24) is 0 Å². The number of carbonyl (C=O) groups is 1. The molecule has 0 amide bonds. The van der Waals surface area contributed by atoms with Crippen LogP contribution >= 0.6 is 0 Å². The van der Waals surface area contributed by atoms with Gasteiger partial charge < -0.3 is 19.3 Å². The smallest absolute Gasteiger partial charge is 0.305 e. The summed E-state index contributed by atoms with van der Waals surface area (Å²) in [6.07, 6.45) is 27.7. The van der Waals surface area contributed by atoms with Crippen LogP contribution in [0.2, 0.25) is 0 Å². The molecular weight excluding hydrogens is 488 g/mol. The highest BCUT2D eigenvalue weighted by Crippen LogP contribution is 2.15. The summed E-state index contributed by atoms with van der Waals surface area (Å²) in [6.45, 7) is 8.50. The Hall–Kier alpha value is -0.650. The maximum atomic E-state index is 12.4. The Morgan fingerprint density at radius 3 is 1.41 bits per heavy atom. The molecule has 0 aliphatic rings. The third-order valence-electron chi connectivity index (χ3n) is 7.64. The molecule has 0 saturated carbocycles. The van der Waals surface area contributed by atoms with E-state index in [2.05, 4.69) is 20.8 Å². The van der Waals surface area contributed by atoms with Crippen molar-refractivity contribution in [2.45, 2.75) is 181 Å². The zero-order chi connectivity index (χ0) is 28.7. The minimum atomic E-state index is -0.334. The van der Waals surface area contributed by atoms with Gasteiger partial charge in [-0.1, -0.05) is 143 Å². The molecule has 0 aliphatic carbocycles. The van der Waals surface area contributed by atoms with Crippen molar-refractivity contribution >= 4 is 5.97 Å². The summed E-state index contributed by atoms with van der Waals surface area (Å²) in [6, 6.07) is 0. The number of carbonyl (C=O) groups excluding carboxylic acids is 1. The van der Waals surface area contributed by atoms with Crippen molar-refractivity contribution in [3.05, 3.63) is 0 Å². The number of aliphatic hydroxyl groups excluding tert-OH is 1. The van der Waals surface area contributed by atoms with Gasteiger partial charge in [0.25, 0.3) is 0 Å². The Balaban J connectivity index is 4.14. The summed E-state index contributed by atoms with van der Waals surface area (Å²) in [4.78, 5) is 12.4. The molecule has 0 aliphatic heterocycles. The molecule has 0 aromatic heterocycles. The van der Waals surface area contributed by atoms with E-state index in [0.29, 0.717) is 32.7 Å². The lowest BCUT2D eigenvalue weighted by atomic mass is 10.0. The van der Waals surface area contributed by atoms with Gasteiger partial charge in [-0.2, -0.15) is 0 Å². The third kappa shape index (κ3) is 28.7. The van der Waals surface area contributed by atoms with Crippen LogP contribution in [-0.2, 0) is 19.0 Å². The number of rotatable bonds is 32. The lowest BCUT2D eigenvalue weighted by Gasteiger charge is -2.19. The molecule has 0 aromatic carbocycles. The van der Waals surface area contributed by atoms with E-state index in [4.69, 9.17) is 14.2 Å². The van der Waals surface area contributed by atoms with Crippen LogP contribution in [0.4, 0.5) is 0 Å². The number of hydrogen-bond acceptors (Lipinski definition) is 5. The highest BCUT2D eigenvalue weighted by Gasteiger charge is 2.15. The topological polar surface area (TPSA) is 65.0 Å². The van der Waals surface area contributed by atoms with Crippen LogP contribution in [0.3, 0.4) is 0 Å². The number of hydrogen-bond donors (Lipinski definition) is 1. The number of aliphatic hydroxyl groups is 1. The third-order valence-corrected chi connectivity index (χ3v) is 7.64. The SMILES string of the molecule is CCCCCCCCCCCC(CO)COC(=O)CCC(OCCCCCCCC)OCCCCCCCC. The van der Waals surface area contributed by atoms with Crippen LogP contribution in [0.5, 0.6) is 0 Å². The molecule has 234 valence electrons. The predicted octanol–water partition coefficient (Wildman–Crippen LogP) is 9.92. The van der Waals surface area contributed by atoms with Crippen molar-refractivity contribution in [1.29, 1.82) is 0 Å². The van der Waals surface area contributed by atoms with Crippen molar-refractivity contribution in [2.24, 2.45) is 5.92 Å². The molecule has 5 heteroatoms. The Labute approximate surface area is 243 Å². The first kappa shape index (κ1) is 38.4. The Kier molecular flexibility index (Phi) is 31.3. The fourth-order valence-corrected chi connectivity index (χ4v) is 4.90. The Bertz CT molecular complexity index is 466. The fourth-order valence-electron chi connectivity index (χ4n) is 4.90. The van der Waals surface area contributed by atoms with E-state index < -0.39 is 0 Å². The van der Waals surface area contributed by atoms with Gasteiger partial charge >= 0.3 is 5.97 Å². The van der Waals surface area contributed by atoms with Crippen LogP contribution < -0.4 is 0 Å². The molecule has 0 rings (SSSR count). The molecule has 0 saturated heterocycles. The maximum absolute atomic E-state index is 12.4. The number of esters is 1. The molecule has 1 N–H and O–H groups in total. The molecule has 0 radical (unpaired) electrons. The van der Waals surface area contributed by atoms with Crippen LogP contribution in [0.15, 0.2) is 0 Å². The first-order valence-corrected chi connectivity index (χ1v) is 17.2. The summed E-state index contributed by atoms with van der Waals surface area (Å²) < 4.78 is 17.6. The van der Waals surface area contributed by atoms with Crippen LogP contribution in [0.1, 0.15) is 175 Å². The van der Waals surface area contributed by atoms with Crippen molar-refractivity contribution in [3.8, 4) is 0 Å².